The first kappa shape index (κ1) is 21.2. The van der Waals surface area contributed by atoms with Crippen molar-refractivity contribution in [1.82, 2.24) is 14.9 Å². The van der Waals surface area contributed by atoms with Crippen LogP contribution in [0.3, 0.4) is 0 Å². The number of carbonyl (C=O) groups excluding carboxylic acids is 1. The van der Waals surface area contributed by atoms with Crippen LogP contribution < -0.4 is 5.32 Å². The number of rotatable bonds is 5. The van der Waals surface area contributed by atoms with Gasteiger partial charge in [0.1, 0.15) is 18.0 Å². The number of amides is 2. The fraction of sp³-hybridized carbons (Fsp3) is 0.350. The number of hydrogen-bond donors (Lipinski definition) is 4. The van der Waals surface area contributed by atoms with Crippen molar-refractivity contribution in [2.24, 2.45) is 0 Å². The lowest BCUT2D eigenvalue weighted by Crippen LogP contribution is -2.38. The van der Waals surface area contributed by atoms with Crippen LogP contribution in [-0.4, -0.2) is 62.0 Å². The van der Waals surface area contributed by atoms with Crippen LogP contribution in [0.25, 0.3) is 5.57 Å². The van der Waals surface area contributed by atoms with E-state index in [0.717, 1.165) is 11.1 Å². The summed E-state index contributed by atoms with van der Waals surface area (Å²) in [5, 5.41) is 31.6. The van der Waals surface area contributed by atoms with E-state index in [0.29, 0.717) is 41.6 Å². The van der Waals surface area contributed by atoms with Crippen LogP contribution in [-0.2, 0) is 0 Å². The number of anilines is 1. The molecule has 9 heteroatoms. The lowest BCUT2D eigenvalue weighted by Gasteiger charge is -2.26. The first-order chi connectivity index (χ1) is 13.9. The minimum Gasteiger partial charge on any atom is -0.394 e. The summed E-state index contributed by atoms with van der Waals surface area (Å²) >= 11 is 6.31. The van der Waals surface area contributed by atoms with Crippen LogP contribution in [0.4, 0.5) is 10.6 Å². The van der Waals surface area contributed by atoms with E-state index in [1.54, 1.807) is 17.2 Å². The topological polar surface area (TPSA) is 119 Å². The maximum atomic E-state index is 12.4. The van der Waals surface area contributed by atoms with Gasteiger partial charge in [-0.1, -0.05) is 23.7 Å². The molecule has 0 aromatic carbocycles. The Bertz CT molecular complexity index is 904. The lowest BCUT2D eigenvalue weighted by molar-refractivity contribution is -0.0154. The van der Waals surface area contributed by atoms with Gasteiger partial charge in [-0.2, -0.15) is 0 Å². The number of urea groups is 1. The molecule has 3 heterocycles. The highest BCUT2D eigenvalue weighted by Gasteiger charge is 2.22. The summed E-state index contributed by atoms with van der Waals surface area (Å²) < 4.78 is 0. The number of nitrogens with zero attached hydrogens (tertiary/aromatic N) is 3. The molecule has 2 amide bonds. The summed E-state index contributed by atoms with van der Waals surface area (Å²) in [6, 6.07) is 4.93. The summed E-state index contributed by atoms with van der Waals surface area (Å²) in [6.45, 7) is 2.26. The monoisotopic (exact) mass is 418 g/mol. The molecular formula is C20H23ClN4O4. The molecule has 154 valence electrons. The Labute approximate surface area is 173 Å². The molecule has 1 aliphatic rings. The van der Waals surface area contributed by atoms with Crippen molar-refractivity contribution in [3.8, 4) is 0 Å². The Hall–Kier alpha value is -2.52. The van der Waals surface area contributed by atoms with Gasteiger partial charge < -0.3 is 20.2 Å². The van der Waals surface area contributed by atoms with Gasteiger partial charge in [0, 0.05) is 31.0 Å². The summed E-state index contributed by atoms with van der Waals surface area (Å²) in [5.74, 6) is 0.499. The number of hydrogen-bond acceptors (Lipinski definition) is 6. The number of aromatic nitrogens is 2. The van der Waals surface area contributed by atoms with Crippen LogP contribution in [0, 0.1) is 6.92 Å². The summed E-state index contributed by atoms with van der Waals surface area (Å²) in [5.41, 5.74) is 2.81. The Morgan fingerprint density at radius 3 is 2.69 bits per heavy atom. The Morgan fingerprint density at radius 1 is 1.31 bits per heavy atom. The zero-order valence-corrected chi connectivity index (χ0v) is 16.7. The van der Waals surface area contributed by atoms with Gasteiger partial charge in [0.2, 0.25) is 0 Å². The molecule has 3 rings (SSSR count). The van der Waals surface area contributed by atoms with Gasteiger partial charge in [-0.3, -0.25) is 10.3 Å². The number of pyridine rings is 2. The van der Waals surface area contributed by atoms with Crippen molar-refractivity contribution in [3.63, 3.8) is 0 Å². The summed E-state index contributed by atoms with van der Waals surface area (Å²) in [7, 11) is 0. The normalized spacial score (nSPS) is 16.2. The van der Waals surface area contributed by atoms with E-state index in [9.17, 15) is 15.0 Å². The van der Waals surface area contributed by atoms with E-state index >= 15 is 0 Å². The maximum Gasteiger partial charge on any atom is 0.323 e. The molecule has 29 heavy (non-hydrogen) atoms. The molecule has 0 aliphatic carbocycles. The predicted molar refractivity (Wildman–Crippen MR) is 109 cm³/mol. The minimum absolute atomic E-state index is 0.229. The van der Waals surface area contributed by atoms with Crippen molar-refractivity contribution >= 4 is 29.0 Å². The number of aliphatic hydroxyl groups is 3. The van der Waals surface area contributed by atoms with Gasteiger partial charge in [0.05, 0.1) is 17.3 Å². The average Bonchev–Trinajstić information content (AvgIpc) is 2.74. The van der Waals surface area contributed by atoms with Gasteiger partial charge in [-0.05, 0) is 36.6 Å². The molecule has 1 aliphatic heterocycles. The second-order valence-electron chi connectivity index (χ2n) is 6.87. The highest BCUT2D eigenvalue weighted by molar-refractivity contribution is 6.32. The van der Waals surface area contributed by atoms with Gasteiger partial charge in [-0.25, -0.2) is 9.78 Å². The lowest BCUT2D eigenvalue weighted by atomic mass is 10.0. The standard InChI is InChI=1S/C20H23ClN4O4/c1-12-2-3-17(22-9-12)24-20(29)25-6-4-13(5-7-25)18-15(21)8-14(10-23-18)19(28)16(27)11-26/h2-4,8-10,16,19,26-28H,5-7,11H2,1H3,(H,22,24,29)/t16-,19-/m0/s1. The third kappa shape index (κ3) is 5.10. The van der Waals surface area contributed by atoms with Crippen molar-refractivity contribution in [1.29, 1.82) is 0 Å². The van der Waals surface area contributed by atoms with E-state index in [1.807, 2.05) is 19.1 Å². The van der Waals surface area contributed by atoms with E-state index in [4.69, 9.17) is 16.7 Å². The van der Waals surface area contributed by atoms with Crippen molar-refractivity contribution in [2.75, 3.05) is 25.0 Å². The first-order valence-corrected chi connectivity index (χ1v) is 9.57. The van der Waals surface area contributed by atoms with Crippen molar-refractivity contribution in [2.45, 2.75) is 25.6 Å². The van der Waals surface area contributed by atoms with Crippen LogP contribution >= 0.6 is 11.6 Å². The third-order valence-corrected chi connectivity index (χ3v) is 4.99. The smallest absolute Gasteiger partial charge is 0.323 e. The van der Waals surface area contributed by atoms with Gasteiger partial charge in [-0.15, -0.1) is 0 Å². The molecule has 0 saturated heterocycles. The van der Waals surface area contributed by atoms with Crippen LogP contribution in [0.2, 0.25) is 5.02 Å². The molecule has 2 atom stereocenters. The molecule has 4 N–H and O–H groups in total. The zero-order chi connectivity index (χ0) is 21.0. The third-order valence-electron chi connectivity index (χ3n) is 4.70. The van der Waals surface area contributed by atoms with E-state index in [2.05, 4.69) is 15.3 Å². The number of aryl methyl sites for hydroxylation is 1. The second-order valence-corrected chi connectivity index (χ2v) is 7.28. The fourth-order valence-corrected chi connectivity index (χ4v) is 3.27. The van der Waals surface area contributed by atoms with Crippen LogP contribution in [0.15, 0.2) is 36.7 Å². The first-order valence-electron chi connectivity index (χ1n) is 9.19. The van der Waals surface area contributed by atoms with E-state index in [1.165, 1.54) is 12.3 Å². The molecule has 0 unspecified atom stereocenters. The quantitative estimate of drug-likeness (QED) is 0.590. The van der Waals surface area contributed by atoms with E-state index in [-0.39, 0.29) is 6.03 Å². The molecule has 0 bridgehead atoms. The fourth-order valence-electron chi connectivity index (χ4n) is 2.97. The summed E-state index contributed by atoms with van der Waals surface area (Å²) in [4.78, 5) is 22.5. The Morgan fingerprint density at radius 2 is 2.10 bits per heavy atom. The summed E-state index contributed by atoms with van der Waals surface area (Å²) in [6.07, 6.45) is 3.00. The second kappa shape index (κ2) is 9.32. The van der Waals surface area contributed by atoms with Gasteiger partial charge in [0.15, 0.2) is 0 Å². The highest BCUT2D eigenvalue weighted by Crippen LogP contribution is 2.29. The van der Waals surface area contributed by atoms with Crippen LogP contribution in [0.5, 0.6) is 0 Å². The highest BCUT2D eigenvalue weighted by atomic mass is 35.5. The van der Waals surface area contributed by atoms with Crippen molar-refractivity contribution < 1.29 is 20.1 Å². The average molecular weight is 419 g/mol. The van der Waals surface area contributed by atoms with Crippen molar-refractivity contribution in [3.05, 3.63) is 58.5 Å². The van der Waals surface area contributed by atoms with Gasteiger partial charge in [0.25, 0.3) is 0 Å². The molecule has 8 nitrogen and oxygen atoms in total. The van der Waals surface area contributed by atoms with Gasteiger partial charge >= 0.3 is 6.03 Å². The Balaban J connectivity index is 1.65. The Kier molecular flexibility index (Phi) is 6.81. The molecule has 0 fully saturated rings. The maximum absolute atomic E-state index is 12.4. The predicted octanol–water partition coefficient (Wildman–Crippen LogP) is 2.15. The zero-order valence-electron chi connectivity index (χ0n) is 15.9. The molecule has 2 aromatic heterocycles. The molecule has 0 saturated carbocycles. The molecule has 0 spiro atoms. The number of halogens is 1. The number of nitrogens with one attached hydrogen (secondary N) is 1. The molecular weight excluding hydrogens is 396 g/mol. The SMILES string of the molecule is Cc1ccc(NC(=O)N2CC=C(c3ncc([C@H](O)[C@@H](O)CO)cc3Cl)CC2)nc1. The molecule has 0 radical (unpaired) electrons. The number of carbonyl (C=O) groups is 1. The van der Waals surface area contributed by atoms with E-state index < -0.39 is 18.8 Å². The molecule has 2 aromatic rings. The largest absolute Gasteiger partial charge is 0.394 e. The number of aliphatic hydroxyl groups excluding tert-OH is 3. The van der Waals surface area contributed by atoms with Crippen LogP contribution in [0.1, 0.15) is 29.3 Å². The minimum atomic E-state index is -1.30.